The molecular weight excluding hydrogens is 394 g/mol. The molecule has 2 aromatic heterocycles. The van der Waals surface area contributed by atoms with Gasteiger partial charge in [-0.15, -0.1) is 22.7 Å². The lowest BCUT2D eigenvalue weighted by molar-refractivity contribution is 0.0981. The van der Waals surface area contributed by atoms with E-state index in [2.05, 4.69) is 37.5 Å². The highest BCUT2D eigenvalue weighted by Crippen LogP contribution is 2.45. The van der Waals surface area contributed by atoms with Crippen molar-refractivity contribution in [1.29, 1.82) is 5.26 Å². The van der Waals surface area contributed by atoms with Crippen LogP contribution in [0.15, 0.2) is 17.5 Å². The van der Waals surface area contributed by atoms with Gasteiger partial charge in [0.25, 0.3) is 5.91 Å². The third kappa shape index (κ3) is 4.23. The molecule has 2 heterocycles. The molecule has 0 spiro atoms. The minimum atomic E-state index is -0.230. The van der Waals surface area contributed by atoms with Crippen molar-refractivity contribution in [3.63, 3.8) is 0 Å². The number of fused-ring (bicyclic) bond motifs is 1. The quantitative estimate of drug-likeness (QED) is 0.658. The van der Waals surface area contributed by atoms with E-state index in [1.807, 2.05) is 11.4 Å². The Balaban J connectivity index is 1.75. The van der Waals surface area contributed by atoms with Gasteiger partial charge >= 0.3 is 0 Å². The van der Waals surface area contributed by atoms with Crippen LogP contribution in [-0.4, -0.2) is 11.0 Å². The fourth-order valence-electron chi connectivity index (χ4n) is 3.45. The average molecular weight is 418 g/mol. The summed E-state index contributed by atoms with van der Waals surface area (Å²) in [6.07, 6.45) is 4.19. The molecule has 0 fully saturated rings. The largest absolute Gasteiger partial charge is 0.323 e. The summed E-state index contributed by atoms with van der Waals surface area (Å²) in [5.41, 5.74) is 2.13. The monoisotopic (exact) mass is 417 g/mol. The van der Waals surface area contributed by atoms with Crippen molar-refractivity contribution >= 4 is 50.9 Å². The number of nitrogens with zero attached hydrogens (tertiary/aromatic N) is 1. The topological polar surface area (TPSA) is 64.9 Å². The van der Waals surface area contributed by atoms with Crippen molar-refractivity contribution in [2.45, 2.75) is 46.5 Å². The molecule has 0 bridgehead atoms. The van der Waals surface area contributed by atoms with E-state index in [4.69, 9.17) is 12.2 Å². The predicted molar refractivity (Wildman–Crippen MR) is 117 cm³/mol. The van der Waals surface area contributed by atoms with Crippen LogP contribution in [0.3, 0.4) is 0 Å². The normalized spacial score (nSPS) is 16.3. The summed E-state index contributed by atoms with van der Waals surface area (Å²) in [7, 11) is 0. The number of rotatable bonds is 4. The Morgan fingerprint density at radius 2 is 2.26 bits per heavy atom. The van der Waals surface area contributed by atoms with Crippen molar-refractivity contribution in [3.05, 3.63) is 38.4 Å². The SMILES string of the molecule is CCC(C)(C)[C@@H]1CCc2c(sc(NC(=S)NC(=O)c3cccs3)c2C#N)C1. The Morgan fingerprint density at radius 1 is 1.48 bits per heavy atom. The Kier molecular flexibility index (Phi) is 5.99. The molecule has 7 heteroatoms. The molecule has 1 aliphatic rings. The van der Waals surface area contributed by atoms with Crippen LogP contribution in [0.5, 0.6) is 0 Å². The van der Waals surface area contributed by atoms with Crippen molar-refractivity contribution in [2.24, 2.45) is 11.3 Å². The van der Waals surface area contributed by atoms with Crippen LogP contribution in [0, 0.1) is 22.7 Å². The van der Waals surface area contributed by atoms with E-state index in [9.17, 15) is 10.1 Å². The Morgan fingerprint density at radius 3 is 2.89 bits per heavy atom. The molecule has 0 unspecified atom stereocenters. The predicted octanol–water partition coefficient (Wildman–Crippen LogP) is 5.35. The zero-order valence-corrected chi connectivity index (χ0v) is 18.2. The molecule has 0 saturated heterocycles. The number of anilines is 1. The summed E-state index contributed by atoms with van der Waals surface area (Å²) in [6, 6.07) is 5.91. The number of hydrogen-bond acceptors (Lipinski definition) is 5. The number of carbonyl (C=O) groups is 1. The third-order valence-electron chi connectivity index (χ3n) is 5.59. The molecule has 1 amide bonds. The number of carbonyl (C=O) groups excluding carboxylic acids is 1. The van der Waals surface area contributed by atoms with E-state index in [1.165, 1.54) is 16.2 Å². The van der Waals surface area contributed by atoms with E-state index < -0.39 is 0 Å². The van der Waals surface area contributed by atoms with Gasteiger partial charge in [0.05, 0.1) is 10.4 Å². The van der Waals surface area contributed by atoms with Crippen molar-refractivity contribution in [1.82, 2.24) is 5.32 Å². The van der Waals surface area contributed by atoms with Gasteiger partial charge in [-0.1, -0.05) is 33.3 Å². The van der Waals surface area contributed by atoms with Crippen LogP contribution in [0.25, 0.3) is 0 Å². The summed E-state index contributed by atoms with van der Waals surface area (Å²) in [6.45, 7) is 6.90. The second-order valence-electron chi connectivity index (χ2n) is 7.49. The van der Waals surface area contributed by atoms with Gasteiger partial charge in [-0.2, -0.15) is 5.26 Å². The lowest BCUT2D eigenvalue weighted by Crippen LogP contribution is -2.33. The van der Waals surface area contributed by atoms with E-state index >= 15 is 0 Å². The van der Waals surface area contributed by atoms with Gasteiger partial charge in [-0.05, 0) is 59.8 Å². The first kappa shape index (κ1) is 20.0. The molecule has 2 N–H and O–H groups in total. The lowest BCUT2D eigenvalue weighted by Gasteiger charge is -2.36. The Hall–Kier alpha value is -1.75. The van der Waals surface area contributed by atoms with Crippen LogP contribution in [0.1, 0.15) is 59.3 Å². The minimum absolute atomic E-state index is 0.230. The maximum atomic E-state index is 12.2. The van der Waals surface area contributed by atoms with E-state index in [0.29, 0.717) is 21.8 Å². The molecule has 0 radical (unpaired) electrons. The molecule has 0 aliphatic heterocycles. The number of nitriles is 1. The number of thiophene rings is 2. The molecule has 0 saturated carbocycles. The molecule has 27 heavy (non-hydrogen) atoms. The fraction of sp³-hybridized carbons (Fsp3) is 0.450. The first-order valence-corrected chi connectivity index (χ1v) is 11.2. The summed E-state index contributed by atoms with van der Waals surface area (Å²) in [4.78, 5) is 14.0. The standard InChI is InChI=1S/C20H23N3OS3/c1-4-20(2,3)12-7-8-13-14(11-21)18(27-16(13)10-12)23-19(25)22-17(24)15-6-5-9-26-15/h5-6,9,12H,4,7-8,10H2,1-3H3,(H2,22,23,24,25)/t12-/m1/s1. The number of thiocarbonyl (C=S) groups is 1. The molecular formula is C20H23N3OS3. The zero-order valence-electron chi connectivity index (χ0n) is 15.7. The summed E-state index contributed by atoms with van der Waals surface area (Å²) in [5.74, 6) is 0.394. The van der Waals surface area contributed by atoms with Gasteiger partial charge in [-0.3, -0.25) is 10.1 Å². The zero-order chi connectivity index (χ0) is 19.6. The second kappa shape index (κ2) is 8.09. The van der Waals surface area contributed by atoms with Crippen LogP contribution >= 0.6 is 34.9 Å². The summed E-state index contributed by atoms with van der Waals surface area (Å²) < 4.78 is 0. The van der Waals surface area contributed by atoms with Crippen LogP contribution < -0.4 is 10.6 Å². The highest BCUT2D eigenvalue weighted by atomic mass is 32.1. The van der Waals surface area contributed by atoms with E-state index in [-0.39, 0.29) is 11.0 Å². The van der Waals surface area contributed by atoms with Gasteiger partial charge < -0.3 is 5.32 Å². The molecule has 1 atom stereocenters. The summed E-state index contributed by atoms with van der Waals surface area (Å²) in [5, 5.41) is 18.3. The Bertz CT molecular complexity index is 890. The average Bonchev–Trinajstić information content (AvgIpc) is 3.28. The number of amides is 1. The van der Waals surface area contributed by atoms with E-state index in [1.54, 1.807) is 17.4 Å². The van der Waals surface area contributed by atoms with Crippen molar-refractivity contribution < 1.29 is 4.79 Å². The van der Waals surface area contributed by atoms with Gasteiger partial charge in [0.15, 0.2) is 5.11 Å². The molecule has 2 aromatic rings. The van der Waals surface area contributed by atoms with Crippen LogP contribution in [0.4, 0.5) is 5.00 Å². The van der Waals surface area contributed by atoms with Gasteiger partial charge in [-0.25, -0.2) is 0 Å². The maximum Gasteiger partial charge on any atom is 0.267 e. The maximum absolute atomic E-state index is 12.2. The van der Waals surface area contributed by atoms with Crippen LogP contribution in [-0.2, 0) is 12.8 Å². The van der Waals surface area contributed by atoms with Gasteiger partial charge in [0.1, 0.15) is 11.1 Å². The molecule has 0 aromatic carbocycles. The van der Waals surface area contributed by atoms with E-state index in [0.717, 1.165) is 36.2 Å². The highest BCUT2D eigenvalue weighted by Gasteiger charge is 2.34. The first-order valence-electron chi connectivity index (χ1n) is 9.06. The van der Waals surface area contributed by atoms with Gasteiger partial charge in [0.2, 0.25) is 0 Å². The molecule has 4 nitrogen and oxygen atoms in total. The van der Waals surface area contributed by atoms with Crippen molar-refractivity contribution in [2.75, 3.05) is 5.32 Å². The fourth-order valence-corrected chi connectivity index (χ4v) is 5.62. The Labute approximate surface area is 173 Å². The third-order valence-corrected chi connectivity index (χ3v) is 7.84. The molecule has 142 valence electrons. The summed E-state index contributed by atoms with van der Waals surface area (Å²) >= 11 is 8.26. The number of nitrogens with one attached hydrogen (secondary N) is 2. The smallest absolute Gasteiger partial charge is 0.267 e. The number of hydrogen-bond donors (Lipinski definition) is 2. The first-order chi connectivity index (χ1) is 12.9. The lowest BCUT2D eigenvalue weighted by atomic mass is 9.69. The molecule has 1 aliphatic carbocycles. The van der Waals surface area contributed by atoms with Crippen LogP contribution in [0.2, 0.25) is 0 Å². The minimum Gasteiger partial charge on any atom is -0.323 e. The van der Waals surface area contributed by atoms with Crippen molar-refractivity contribution in [3.8, 4) is 6.07 Å². The second-order valence-corrected chi connectivity index (χ2v) is 9.95. The highest BCUT2D eigenvalue weighted by molar-refractivity contribution is 7.80. The molecule has 3 rings (SSSR count). The van der Waals surface area contributed by atoms with Gasteiger partial charge in [0, 0.05) is 4.88 Å².